The molecule has 0 rings (SSSR count). The van der Waals surface area contributed by atoms with E-state index in [0.29, 0.717) is 6.42 Å². The van der Waals surface area contributed by atoms with Crippen LogP contribution in [0, 0.1) is 0 Å². The molecule has 0 aromatic carbocycles. The molecule has 0 amide bonds. The van der Waals surface area contributed by atoms with Gasteiger partial charge in [0.15, 0.2) is 0 Å². The molecular formula is C14H22ClF3O4. The van der Waals surface area contributed by atoms with Crippen LogP contribution in [0.4, 0.5) is 13.2 Å². The Balaban J connectivity index is 3.85. The van der Waals surface area contributed by atoms with Crippen molar-refractivity contribution in [2.45, 2.75) is 64.1 Å². The van der Waals surface area contributed by atoms with Crippen molar-refractivity contribution in [2.75, 3.05) is 12.5 Å². The van der Waals surface area contributed by atoms with E-state index in [9.17, 15) is 22.8 Å². The summed E-state index contributed by atoms with van der Waals surface area (Å²) in [5, 5.41) is 0. The zero-order valence-electron chi connectivity index (χ0n) is 12.6. The van der Waals surface area contributed by atoms with Gasteiger partial charge in [0.05, 0.1) is 18.9 Å². The van der Waals surface area contributed by atoms with Gasteiger partial charge in [0, 0.05) is 0 Å². The van der Waals surface area contributed by atoms with E-state index in [-0.39, 0.29) is 6.61 Å². The zero-order chi connectivity index (χ0) is 17.0. The van der Waals surface area contributed by atoms with Crippen LogP contribution in [0.2, 0.25) is 0 Å². The van der Waals surface area contributed by atoms with Crippen LogP contribution in [0.1, 0.15) is 51.9 Å². The predicted molar refractivity (Wildman–Crippen MR) is 75.6 cm³/mol. The third-order valence-corrected chi connectivity index (χ3v) is 3.18. The molecule has 0 aliphatic rings. The zero-order valence-corrected chi connectivity index (χ0v) is 13.3. The Morgan fingerprint density at radius 2 is 1.68 bits per heavy atom. The van der Waals surface area contributed by atoms with Gasteiger partial charge in [-0.05, 0) is 6.42 Å². The van der Waals surface area contributed by atoms with E-state index >= 15 is 0 Å². The van der Waals surface area contributed by atoms with Gasteiger partial charge in [-0.25, -0.2) is 4.79 Å². The second-order valence-electron chi connectivity index (χ2n) is 4.87. The number of ether oxygens (including phenoxy) is 2. The minimum Gasteiger partial charge on any atom is -0.466 e. The molecule has 1 unspecified atom stereocenters. The molecule has 0 N–H and O–H groups in total. The molecule has 0 radical (unpaired) electrons. The second kappa shape index (κ2) is 11.6. The van der Waals surface area contributed by atoms with Gasteiger partial charge < -0.3 is 9.47 Å². The number of alkyl halides is 4. The average Bonchev–Trinajstić information content (AvgIpc) is 2.44. The molecule has 0 aliphatic carbocycles. The number of esters is 2. The SMILES string of the molecule is CCCCCCCCOC(=O)CC(CCl)OC(=O)C(F)(F)F. The van der Waals surface area contributed by atoms with Gasteiger partial charge in [0.25, 0.3) is 0 Å². The first-order chi connectivity index (χ1) is 10.3. The van der Waals surface area contributed by atoms with Crippen molar-refractivity contribution < 1.29 is 32.2 Å². The molecule has 0 bridgehead atoms. The Bertz CT molecular complexity index is 335. The van der Waals surface area contributed by atoms with Gasteiger partial charge in [0.1, 0.15) is 6.10 Å². The van der Waals surface area contributed by atoms with Crippen LogP contribution in [0.5, 0.6) is 0 Å². The van der Waals surface area contributed by atoms with Crippen molar-refractivity contribution in [3.8, 4) is 0 Å². The molecule has 0 aromatic rings. The molecule has 0 heterocycles. The van der Waals surface area contributed by atoms with E-state index in [1.807, 2.05) is 0 Å². The van der Waals surface area contributed by atoms with Gasteiger partial charge in [0.2, 0.25) is 0 Å². The van der Waals surface area contributed by atoms with Gasteiger partial charge in [-0.15, -0.1) is 11.6 Å². The highest BCUT2D eigenvalue weighted by molar-refractivity contribution is 6.18. The van der Waals surface area contributed by atoms with Crippen LogP contribution in [-0.2, 0) is 19.1 Å². The summed E-state index contributed by atoms with van der Waals surface area (Å²) < 4.78 is 45.1. The maximum atomic E-state index is 12.0. The Hall–Kier alpha value is -0.980. The molecule has 0 aromatic heterocycles. The maximum Gasteiger partial charge on any atom is 0.490 e. The van der Waals surface area contributed by atoms with Gasteiger partial charge in [-0.2, -0.15) is 13.2 Å². The molecule has 22 heavy (non-hydrogen) atoms. The molecule has 0 saturated heterocycles. The predicted octanol–water partition coefficient (Wildman–Crippen LogP) is 3.99. The van der Waals surface area contributed by atoms with E-state index in [1.54, 1.807) is 0 Å². The number of hydrogen-bond donors (Lipinski definition) is 0. The summed E-state index contributed by atoms with van der Waals surface area (Å²) in [7, 11) is 0. The summed E-state index contributed by atoms with van der Waals surface area (Å²) in [5.74, 6) is -3.50. The van der Waals surface area contributed by atoms with Gasteiger partial charge in [-0.3, -0.25) is 4.79 Å². The third-order valence-electron chi connectivity index (χ3n) is 2.83. The topological polar surface area (TPSA) is 52.6 Å². The summed E-state index contributed by atoms with van der Waals surface area (Å²) in [6.07, 6.45) is -0.807. The monoisotopic (exact) mass is 346 g/mol. The lowest BCUT2D eigenvalue weighted by molar-refractivity contribution is -0.204. The van der Waals surface area contributed by atoms with E-state index in [1.165, 1.54) is 6.42 Å². The van der Waals surface area contributed by atoms with E-state index in [2.05, 4.69) is 11.7 Å². The minimum absolute atomic E-state index is 0.202. The number of halogens is 4. The number of rotatable bonds is 11. The lowest BCUT2D eigenvalue weighted by Crippen LogP contribution is -2.32. The van der Waals surface area contributed by atoms with Crippen LogP contribution in [0.3, 0.4) is 0 Å². The highest BCUT2D eigenvalue weighted by Crippen LogP contribution is 2.19. The average molecular weight is 347 g/mol. The summed E-state index contributed by atoms with van der Waals surface area (Å²) in [6, 6.07) is 0. The van der Waals surface area contributed by atoms with Crippen molar-refractivity contribution in [3.05, 3.63) is 0 Å². The number of hydrogen-bond acceptors (Lipinski definition) is 4. The first kappa shape index (κ1) is 21.0. The first-order valence-electron chi connectivity index (χ1n) is 7.30. The largest absolute Gasteiger partial charge is 0.490 e. The smallest absolute Gasteiger partial charge is 0.466 e. The lowest BCUT2D eigenvalue weighted by Gasteiger charge is -2.15. The highest BCUT2D eigenvalue weighted by atomic mass is 35.5. The van der Waals surface area contributed by atoms with E-state index in [4.69, 9.17) is 16.3 Å². The Labute approximate surface area is 133 Å². The van der Waals surface area contributed by atoms with E-state index < -0.39 is 36.5 Å². The molecule has 4 nitrogen and oxygen atoms in total. The summed E-state index contributed by atoms with van der Waals surface area (Å²) >= 11 is 5.39. The summed E-state index contributed by atoms with van der Waals surface area (Å²) in [4.78, 5) is 22.1. The first-order valence-corrected chi connectivity index (χ1v) is 7.84. The molecular weight excluding hydrogens is 325 g/mol. The van der Waals surface area contributed by atoms with Crippen LogP contribution < -0.4 is 0 Å². The Kier molecular flexibility index (Phi) is 11.1. The lowest BCUT2D eigenvalue weighted by atomic mass is 10.1. The van der Waals surface area contributed by atoms with Crippen LogP contribution in [0.15, 0.2) is 0 Å². The quantitative estimate of drug-likeness (QED) is 0.322. The summed E-state index contributed by atoms with van der Waals surface area (Å²) in [5.41, 5.74) is 0. The number of carbonyl (C=O) groups excluding carboxylic acids is 2. The number of unbranched alkanes of at least 4 members (excludes halogenated alkanes) is 5. The minimum atomic E-state index is -5.10. The van der Waals surface area contributed by atoms with Crippen LogP contribution >= 0.6 is 11.6 Å². The van der Waals surface area contributed by atoms with Crippen molar-refractivity contribution in [2.24, 2.45) is 0 Å². The van der Waals surface area contributed by atoms with E-state index in [0.717, 1.165) is 25.7 Å². The molecule has 0 saturated carbocycles. The molecule has 0 fully saturated rings. The molecule has 0 spiro atoms. The normalized spacial score (nSPS) is 12.8. The van der Waals surface area contributed by atoms with Crippen molar-refractivity contribution in [1.29, 1.82) is 0 Å². The Morgan fingerprint density at radius 3 is 2.23 bits per heavy atom. The second-order valence-corrected chi connectivity index (χ2v) is 5.18. The summed E-state index contributed by atoms with van der Waals surface area (Å²) in [6.45, 7) is 2.31. The van der Waals surface area contributed by atoms with Crippen LogP contribution in [-0.4, -0.2) is 36.7 Å². The Morgan fingerprint density at radius 1 is 1.09 bits per heavy atom. The third kappa shape index (κ3) is 10.7. The van der Waals surface area contributed by atoms with Gasteiger partial charge in [-0.1, -0.05) is 39.0 Å². The maximum absolute atomic E-state index is 12.0. The molecule has 8 heteroatoms. The molecule has 130 valence electrons. The number of carbonyl (C=O) groups is 2. The van der Waals surface area contributed by atoms with Crippen LogP contribution in [0.25, 0.3) is 0 Å². The van der Waals surface area contributed by atoms with Gasteiger partial charge >= 0.3 is 18.1 Å². The highest BCUT2D eigenvalue weighted by Gasteiger charge is 2.42. The fourth-order valence-corrected chi connectivity index (χ4v) is 1.83. The molecule has 1 atom stereocenters. The van der Waals surface area contributed by atoms with Crippen molar-refractivity contribution in [1.82, 2.24) is 0 Å². The fraction of sp³-hybridized carbons (Fsp3) is 0.857. The standard InChI is InChI=1S/C14H22ClF3O4/c1-2-3-4-5-6-7-8-21-12(19)9-11(10-15)22-13(20)14(16,17)18/h11H,2-10H2,1H3. The van der Waals surface area contributed by atoms with Crippen molar-refractivity contribution >= 4 is 23.5 Å². The fourth-order valence-electron chi connectivity index (χ4n) is 1.66. The molecule has 0 aliphatic heterocycles. The van der Waals surface area contributed by atoms with Crippen molar-refractivity contribution in [3.63, 3.8) is 0 Å².